The summed E-state index contributed by atoms with van der Waals surface area (Å²) in [7, 11) is -2.78. The van der Waals surface area contributed by atoms with Crippen molar-refractivity contribution in [1.29, 1.82) is 0 Å². The molecule has 21 heavy (non-hydrogen) atoms. The molecule has 6 nitrogen and oxygen atoms in total. The first kappa shape index (κ1) is 17.7. The number of halogens is 1. The van der Waals surface area contributed by atoms with Crippen LogP contribution in [0, 0.1) is 5.92 Å². The number of ether oxygens (including phenoxy) is 1. The molecular formula is C13H19ClN2O4S. The number of nitrogens with one attached hydrogen (secondary N) is 1. The topological polar surface area (TPSA) is 98.5 Å². The van der Waals surface area contributed by atoms with E-state index in [0.29, 0.717) is 12.5 Å². The third kappa shape index (κ3) is 4.87. The Labute approximate surface area is 129 Å². The Hall–Kier alpha value is -1.31. The molecular weight excluding hydrogens is 316 g/mol. The lowest BCUT2D eigenvalue weighted by molar-refractivity contribution is 0.0948. The van der Waals surface area contributed by atoms with Crippen molar-refractivity contribution in [2.75, 3.05) is 13.7 Å². The maximum Gasteiger partial charge on any atom is 0.255 e. The van der Waals surface area contributed by atoms with E-state index in [9.17, 15) is 13.2 Å². The van der Waals surface area contributed by atoms with Crippen LogP contribution in [0.2, 0.25) is 5.02 Å². The van der Waals surface area contributed by atoms with Crippen molar-refractivity contribution in [1.82, 2.24) is 5.32 Å². The van der Waals surface area contributed by atoms with Crippen LogP contribution in [-0.4, -0.2) is 28.0 Å². The molecule has 0 saturated carbocycles. The SMILES string of the molecule is COc1c(C(=O)NCCC(C)C)cc(Cl)cc1S(N)(=O)=O. The standard InChI is InChI=1S/C13H19ClN2O4S/c1-8(2)4-5-16-13(17)10-6-9(14)7-11(12(10)20-3)21(15,18)19/h6-8H,4-5H2,1-3H3,(H,16,17)(H2,15,18,19). The highest BCUT2D eigenvalue weighted by Gasteiger charge is 2.23. The van der Waals surface area contributed by atoms with E-state index in [1.165, 1.54) is 13.2 Å². The summed E-state index contributed by atoms with van der Waals surface area (Å²) in [5, 5.41) is 7.90. The second kappa shape index (κ2) is 7.11. The van der Waals surface area contributed by atoms with Crippen molar-refractivity contribution in [3.63, 3.8) is 0 Å². The number of methoxy groups -OCH3 is 1. The minimum absolute atomic E-state index is 0.0396. The summed E-state index contributed by atoms with van der Waals surface area (Å²) in [6.07, 6.45) is 0.802. The molecule has 0 aromatic heterocycles. The molecule has 0 unspecified atom stereocenters. The van der Waals surface area contributed by atoms with Gasteiger partial charge in [0.1, 0.15) is 4.90 Å². The Morgan fingerprint density at radius 2 is 2.05 bits per heavy atom. The van der Waals surface area contributed by atoms with Crippen LogP contribution < -0.4 is 15.2 Å². The molecule has 0 aliphatic carbocycles. The Morgan fingerprint density at radius 1 is 1.43 bits per heavy atom. The van der Waals surface area contributed by atoms with Gasteiger partial charge in [-0.15, -0.1) is 0 Å². The normalized spacial score (nSPS) is 11.5. The summed E-state index contributed by atoms with van der Waals surface area (Å²) < 4.78 is 28.1. The van der Waals surface area contributed by atoms with Gasteiger partial charge in [-0.3, -0.25) is 4.79 Å². The summed E-state index contributed by atoms with van der Waals surface area (Å²) in [4.78, 5) is 11.8. The van der Waals surface area contributed by atoms with Gasteiger partial charge in [0.2, 0.25) is 10.0 Å². The smallest absolute Gasteiger partial charge is 0.255 e. The highest BCUT2D eigenvalue weighted by molar-refractivity contribution is 7.89. The third-order valence-electron chi connectivity index (χ3n) is 2.78. The van der Waals surface area contributed by atoms with Crippen LogP contribution in [0.3, 0.4) is 0 Å². The third-order valence-corrected chi connectivity index (χ3v) is 3.92. The fourth-order valence-electron chi connectivity index (χ4n) is 1.73. The van der Waals surface area contributed by atoms with E-state index in [-0.39, 0.29) is 21.2 Å². The second-order valence-electron chi connectivity index (χ2n) is 4.97. The largest absolute Gasteiger partial charge is 0.494 e. The van der Waals surface area contributed by atoms with Gasteiger partial charge in [-0.2, -0.15) is 0 Å². The number of hydrogen-bond acceptors (Lipinski definition) is 4. The van der Waals surface area contributed by atoms with Crippen LogP contribution >= 0.6 is 11.6 Å². The molecule has 1 aromatic rings. The van der Waals surface area contributed by atoms with Gasteiger partial charge in [0, 0.05) is 11.6 Å². The molecule has 0 bridgehead atoms. The molecule has 0 atom stereocenters. The zero-order chi connectivity index (χ0) is 16.2. The number of carbonyl (C=O) groups excluding carboxylic acids is 1. The molecule has 1 amide bonds. The quantitative estimate of drug-likeness (QED) is 0.828. The van der Waals surface area contributed by atoms with E-state index in [2.05, 4.69) is 5.32 Å². The molecule has 0 aliphatic rings. The molecule has 1 rings (SSSR count). The lowest BCUT2D eigenvalue weighted by atomic mass is 10.1. The zero-order valence-corrected chi connectivity index (χ0v) is 13.7. The average molecular weight is 335 g/mol. The predicted octanol–water partition coefficient (Wildman–Crippen LogP) is 1.77. The summed E-state index contributed by atoms with van der Waals surface area (Å²) in [5.74, 6) is -0.129. The van der Waals surface area contributed by atoms with Gasteiger partial charge in [-0.05, 0) is 24.5 Å². The minimum atomic E-state index is -4.05. The lowest BCUT2D eigenvalue weighted by Gasteiger charge is -2.13. The summed E-state index contributed by atoms with van der Waals surface area (Å²) in [6.45, 7) is 4.54. The maximum absolute atomic E-state index is 12.2. The first-order valence-electron chi connectivity index (χ1n) is 6.35. The van der Waals surface area contributed by atoms with Gasteiger partial charge in [-0.25, -0.2) is 13.6 Å². The zero-order valence-electron chi connectivity index (χ0n) is 12.1. The first-order chi connectivity index (χ1) is 9.66. The molecule has 118 valence electrons. The van der Waals surface area contributed by atoms with Gasteiger partial charge in [0.15, 0.2) is 5.75 Å². The molecule has 0 radical (unpaired) electrons. The lowest BCUT2D eigenvalue weighted by Crippen LogP contribution is -2.26. The number of carbonyl (C=O) groups is 1. The number of nitrogens with two attached hydrogens (primary N) is 1. The Bertz CT molecular complexity index is 629. The van der Waals surface area contributed by atoms with E-state index in [0.717, 1.165) is 12.5 Å². The Kier molecular flexibility index (Phi) is 6.00. The predicted molar refractivity (Wildman–Crippen MR) is 81.2 cm³/mol. The van der Waals surface area contributed by atoms with Crippen molar-refractivity contribution >= 4 is 27.5 Å². The number of sulfonamides is 1. The van der Waals surface area contributed by atoms with Crippen molar-refractivity contribution in [2.24, 2.45) is 11.1 Å². The van der Waals surface area contributed by atoms with Crippen molar-refractivity contribution in [3.8, 4) is 5.75 Å². The molecule has 3 N–H and O–H groups in total. The number of benzene rings is 1. The van der Waals surface area contributed by atoms with Crippen LogP contribution in [0.5, 0.6) is 5.75 Å². The van der Waals surface area contributed by atoms with E-state index in [1.54, 1.807) is 0 Å². The fraction of sp³-hybridized carbons (Fsp3) is 0.462. The van der Waals surface area contributed by atoms with Crippen LogP contribution in [0.15, 0.2) is 17.0 Å². The number of primary sulfonamides is 1. The van der Waals surface area contributed by atoms with Crippen LogP contribution in [0.4, 0.5) is 0 Å². The van der Waals surface area contributed by atoms with Crippen molar-refractivity contribution < 1.29 is 17.9 Å². The first-order valence-corrected chi connectivity index (χ1v) is 8.27. The van der Waals surface area contributed by atoms with Crippen LogP contribution in [0.25, 0.3) is 0 Å². The summed E-state index contributed by atoms with van der Waals surface area (Å²) >= 11 is 5.86. The Balaban J connectivity index is 3.17. The van der Waals surface area contributed by atoms with E-state index in [4.69, 9.17) is 21.5 Å². The van der Waals surface area contributed by atoms with Crippen molar-refractivity contribution in [2.45, 2.75) is 25.2 Å². The van der Waals surface area contributed by atoms with Gasteiger partial charge in [0.05, 0.1) is 12.7 Å². The monoisotopic (exact) mass is 334 g/mol. The molecule has 0 aliphatic heterocycles. The average Bonchev–Trinajstić information content (AvgIpc) is 2.36. The maximum atomic E-state index is 12.2. The molecule has 0 fully saturated rings. The number of amides is 1. The van der Waals surface area contributed by atoms with E-state index >= 15 is 0 Å². The van der Waals surface area contributed by atoms with Gasteiger partial charge < -0.3 is 10.1 Å². The number of rotatable bonds is 6. The highest BCUT2D eigenvalue weighted by Crippen LogP contribution is 2.31. The van der Waals surface area contributed by atoms with Gasteiger partial charge >= 0.3 is 0 Å². The fourth-order valence-corrected chi connectivity index (χ4v) is 2.75. The molecule has 0 saturated heterocycles. The van der Waals surface area contributed by atoms with Gasteiger partial charge in [0.25, 0.3) is 5.91 Å². The van der Waals surface area contributed by atoms with Crippen molar-refractivity contribution in [3.05, 3.63) is 22.7 Å². The van der Waals surface area contributed by atoms with E-state index < -0.39 is 15.9 Å². The number of hydrogen-bond donors (Lipinski definition) is 2. The molecule has 0 heterocycles. The molecule has 8 heteroatoms. The van der Waals surface area contributed by atoms with Gasteiger partial charge in [-0.1, -0.05) is 25.4 Å². The summed E-state index contributed by atoms with van der Waals surface area (Å²) in [6, 6.07) is 2.50. The molecule has 1 aromatic carbocycles. The Morgan fingerprint density at radius 3 is 2.52 bits per heavy atom. The molecule has 0 spiro atoms. The van der Waals surface area contributed by atoms with E-state index in [1.807, 2.05) is 13.8 Å². The van der Waals surface area contributed by atoms with Crippen LogP contribution in [0.1, 0.15) is 30.6 Å². The van der Waals surface area contributed by atoms with Crippen LogP contribution in [-0.2, 0) is 10.0 Å². The second-order valence-corrected chi connectivity index (χ2v) is 6.93. The minimum Gasteiger partial charge on any atom is -0.494 e. The summed E-state index contributed by atoms with van der Waals surface area (Å²) in [5.41, 5.74) is 0.0396. The highest BCUT2D eigenvalue weighted by atomic mass is 35.5.